The van der Waals surface area contributed by atoms with Crippen LogP contribution in [0.1, 0.15) is 22.4 Å². The summed E-state index contributed by atoms with van der Waals surface area (Å²) in [6.45, 7) is 7.27. The smallest absolute Gasteiger partial charge is 0.162 e. The maximum absolute atomic E-state index is 9.54. The Bertz CT molecular complexity index is 1080. The number of fused-ring (bicyclic) bond motifs is 2. The summed E-state index contributed by atoms with van der Waals surface area (Å²) in [6.07, 6.45) is 1.80. The highest BCUT2D eigenvalue weighted by molar-refractivity contribution is 5.90. The van der Waals surface area contributed by atoms with Gasteiger partial charge in [-0.05, 0) is 39.8 Å². The van der Waals surface area contributed by atoms with Gasteiger partial charge in [0, 0.05) is 50.9 Å². The van der Waals surface area contributed by atoms with Gasteiger partial charge in [0.05, 0.1) is 5.52 Å². The normalized spacial score (nSPS) is 10.9. The second-order valence-corrected chi connectivity index (χ2v) is 6.50. The largest absolute Gasteiger partial charge is 0.504 e. The molecule has 6 heteroatoms. The number of rotatable bonds is 0. The zero-order valence-corrected chi connectivity index (χ0v) is 15.1. The molecule has 2 heterocycles. The average Bonchev–Trinajstić information content (AvgIpc) is 3.23. The number of hydrogen-bond donors (Lipinski definition) is 6. The van der Waals surface area contributed by atoms with Gasteiger partial charge in [-0.2, -0.15) is 0 Å². The Morgan fingerprint density at radius 3 is 2.04 bits per heavy atom. The Balaban J connectivity index is 0.000000151. The Morgan fingerprint density at radius 1 is 0.731 bits per heavy atom. The van der Waals surface area contributed by atoms with Crippen molar-refractivity contribution < 1.29 is 20.4 Å². The lowest BCUT2D eigenvalue weighted by Gasteiger charge is -2.07. The van der Waals surface area contributed by atoms with Crippen molar-refractivity contribution in [3.05, 3.63) is 46.8 Å². The summed E-state index contributed by atoms with van der Waals surface area (Å²) >= 11 is 0. The minimum Gasteiger partial charge on any atom is -0.504 e. The van der Waals surface area contributed by atoms with Gasteiger partial charge in [-0.3, -0.25) is 0 Å². The van der Waals surface area contributed by atoms with Crippen LogP contribution in [0.3, 0.4) is 0 Å². The quantitative estimate of drug-likeness (QED) is 0.263. The van der Waals surface area contributed by atoms with Gasteiger partial charge in [0.2, 0.25) is 0 Å². The van der Waals surface area contributed by atoms with Gasteiger partial charge in [0.25, 0.3) is 0 Å². The molecule has 0 saturated carbocycles. The van der Waals surface area contributed by atoms with Gasteiger partial charge in [0.1, 0.15) is 0 Å². The highest BCUT2D eigenvalue weighted by Gasteiger charge is 2.13. The number of aromatic hydroxyl groups is 4. The van der Waals surface area contributed by atoms with E-state index in [1.165, 1.54) is 6.07 Å². The molecule has 0 unspecified atom stereocenters. The maximum atomic E-state index is 9.54. The zero-order valence-electron chi connectivity index (χ0n) is 15.1. The fourth-order valence-electron chi connectivity index (χ4n) is 3.15. The Kier molecular flexibility index (Phi) is 4.20. The SMILES string of the molecule is Cc1c(O)c(O)c(C)c2[nH]ccc12.Cc1cc2c(C)c(O)c(O)cc2[nH]1. The monoisotopic (exact) mass is 354 g/mol. The number of phenols is 4. The minimum atomic E-state index is -0.0770. The van der Waals surface area contributed by atoms with E-state index in [0.29, 0.717) is 16.7 Å². The number of hydrogen-bond acceptors (Lipinski definition) is 4. The van der Waals surface area contributed by atoms with Gasteiger partial charge >= 0.3 is 0 Å². The van der Waals surface area contributed by atoms with E-state index >= 15 is 0 Å². The molecule has 2 aromatic carbocycles. The van der Waals surface area contributed by atoms with Crippen molar-refractivity contribution in [2.24, 2.45) is 0 Å². The van der Waals surface area contributed by atoms with Gasteiger partial charge < -0.3 is 30.4 Å². The topological polar surface area (TPSA) is 112 Å². The fraction of sp³-hybridized carbons (Fsp3) is 0.200. The van der Waals surface area contributed by atoms with Gasteiger partial charge in [-0.15, -0.1) is 0 Å². The lowest BCUT2D eigenvalue weighted by atomic mass is 10.1. The maximum Gasteiger partial charge on any atom is 0.162 e. The lowest BCUT2D eigenvalue weighted by molar-refractivity contribution is 0.400. The van der Waals surface area contributed by atoms with Crippen LogP contribution in [0, 0.1) is 27.7 Å². The van der Waals surface area contributed by atoms with E-state index in [1.54, 1.807) is 27.0 Å². The van der Waals surface area contributed by atoms with Crippen LogP contribution >= 0.6 is 0 Å². The molecule has 0 amide bonds. The Labute approximate surface area is 150 Å². The van der Waals surface area contributed by atoms with E-state index in [2.05, 4.69) is 9.97 Å². The fourth-order valence-corrected chi connectivity index (χ4v) is 3.15. The summed E-state index contributed by atoms with van der Waals surface area (Å²) in [5, 5.41) is 39.8. The molecule has 0 fully saturated rings. The first-order valence-electron chi connectivity index (χ1n) is 8.21. The number of H-pyrrole nitrogens is 2. The second-order valence-electron chi connectivity index (χ2n) is 6.50. The first-order chi connectivity index (χ1) is 12.2. The van der Waals surface area contributed by atoms with Gasteiger partial charge in [0.15, 0.2) is 23.0 Å². The highest BCUT2D eigenvalue weighted by Crippen LogP contribution is 2.38. The van der Waals surface area contributed by atoms with E-state index < -0.39 is 0 Å². The number of nitrogens with one attached hydrogen (secondary N) is 2. The summed E-state index contributed by atoms with van der Waals surface area (Å²) < 4.78 is 0. The van der Waals surface area contributed by atoms with E-state index in [1.807, 2.05) is 19.1 Å². The first kappa shape index (κ1) is 17.5. The van der Waals surface area contributed by atoms with Crippen LogP contribution < -0.4 is 0 Å². The molecule has 26 heavy (non-hydrogen) atoms. The van der Waals surface area contributed by atoms with Crippen LogP contribution in [-0.4, -0.2) is 30.4 Å². The van der Waals surface area contributed by atoms with E-state index in [4.69, 9.17) is 0 Å². The summed E-state index contributed by atoms with van der Waals surface area (Å²) in [6, 6.07) is 5.37. The molecule has 0 radical (unpaired) electrons. The molecule has 0 spiro atoms. The van der Waals surface area contributed by atoms with Crippen molar-refractivity contribution >= 4 is 21.8 Å². The van der Waals surface area contributed by atoms with Crippen LogP contribution in [0.4, 0.5) is 0 Å². The summed E-state index contributed by atoms with van der Waals surface area (Å²) in [4.78, 5) is 6.12. The summed E-state index contributed by atoms with van der Waals surface area (Å²) in [7, 11) is 0. The molecule has 0 aliphatic heterocycles. The van der Waals surface area contributed by atoms with Crippen LogP contribution in [0.25, 0.3) is 21.8 Å². The number of aromatic amines is 2. The first-order valence-corrected chi connectivity index (χ1v) is 8.21. The molecule has 0 aliphatic rings. The van der Waals surface area contributed by atoms with E-state index in [-0.39, 0.29) is 23.0 Å². The molecule has 2 aromatic heterocycles. The number of benzene rings is 2. The van der Waals surface area contributed by atoms with Crippen molar-refractivity contribution in [3.8, 4) is 23.0 Å². The highest BCUT2D eigenvalue weighted by atomic mass is 16.3. The molecule has 4 rings (SSSR count). The van der Waals surface area contributed by atoms with Crippen molar-refractivity contribution in [3.63, 3.8) is 0 Å². The summed E-state index contributed by atoms with van der Waals surface area (Å²) in [5.74, 6) is -0.171. The van der Waals surface area contributed by atoms with Crippen LogP contribution in [-0.2, 0) is 0 Å². The molecule has 4 aromatic rings. The molecule has 0 saturated heterocycles. The lowest BCUT2D eigenvalue weighted by Crippen LogP contribution is -1.84. The van der Waals surface area contributed by atoms with Gasteiger partial charge in [-0.25, -0.2) is 0 Å². The van der Waals surface area contributed by atoms with Crippen LogP contribution in [0.2, 0.25) is 0 Å². The molecule has 6 nitrogen and oxygen atoms in total. The predicted octanol–water partition coefficient (Wildman–Crippen LogP) is 4.39. The van der Waals surface area contributed by atoms with Crippen molar-refractivity contribution in [1.82, 2.24) is 9.97 Å². The van der Waals surface area contributed by atoms with Crippen LogP contribution in [0.15, 0.2) is 24.4 Å². The summed E-state index contributed by atoms with van der Waals surface area (Å²) in [5.41, 5.74) is 4.85. The molecule has 0 atom stereocenters. The predicted molar refractivity (Wildman–Crippen MR) is 102 cm³/mol. The van der Waals surface area contributed by atoms with Gasteiger partial charge in [-0.1, -0.05) is 0 Å². The second kappa shape index (κ2) is 6.22. The Morgan fingerprint density at radius 2 is 1.35 bits per heavy atom. The van der Waals surface area contributed by atoms with Crippen molar-refractivity contribution in [1.29, 1.82) is 0 Å². The van der Waals surface area contributed by atoms with E-state index in [9.17, 15) is 20.4 Å². The molecule has 0 aliphatic carbocycles. The third-order valence-corrected chi connectivity index (χ3v) is 4.73. The molecule has 6 N–H and O–H groups in total. The number of aromatic nitrogens is 2. The molecule has 136 valence electrons. The Hall–Kier alpha value is -3.28. The average molecular weight is 354 g/mol. The number of phenolic OH excluding ortho intramolecular Hbond substituents is 4. The third-order valence-electron chi connectivity index (χ3n) is 4.73. The standard InChI is InChI=1S/2C10H11NO2/c1-5-3-7-6(2)10(13)9(12)4-8(7)11-5;1-5-7-3-4-11-8(7)6(2)10(13)9(5)12/h2*3-4,11-13H,1-2H3. The van der Waals surface area contributed by atoms with Crippen molar-refractivity contribution in [2.75, 3.05) is 0 Å². The molecular formula is C20H22N2O4. The zero-order chi connectivity index (χ0) is 19.2. The molecular weight excluding hydrogens is 332 g/mol. The van der Waals surface area contributed by atoms with E-state index in [0.717, 1.165) is 27.5 Å². The molecule has 0 bridgehead atoms. The minimum absolute atomic E-state index is 0.0235. The van der Waals surface area contributed by atoms with Crippen molar-refractivity contribution in [2.45, 2.75) is 27.7 Å². The third kappa shape index (κ3) is 2.69. The number of aryl methyl sites for hydroxylation is 4. The van der Waals surface area contributed by atoms with Crippen LogP contribution in [0.5, 0.6) is 23.0 Å².